The van der Waals surface area contributed by atoms with E-state index >= 15 is 0 Å². The summed E-state index contributed by atoms with van der Waals surface area (Å²) in [7, 11) is 1.74. The Morgan fingerprint density at radius 3 is 2.50 bits per heavy atom. The molecule has 6 heavy (non-hydrogen) atoms. The highest BCUT2D eigenvalue weighted by atomic mass is 32.1. The molecule has 0 fully saturated rings. The van der Waals surface area contributed by atoms with Crippen LogP contribution in [0.2, 0.25) is 0 Å². The Morgan fingerprint density at radius 2 is 2.50 bits per heavy atom. The molecular weight excluding hydrogens is 98.1 g/mol. The summed E-state index contributed by atoms with van der Waals surface area (Å²) in [6, 6.07) is 0. The van der Waals surface area contributed by atoms with Crippen LogP contribution in [0, 0.1) is 0 Å². The molecule has 0 aromatic carbocycles. The fourth-order valence-electron chi connectivity index (χ4n) is 0.0913. The molecule has 38 valence electrons. The summed E-state index contributed by atoms with van der Waals surface area (Å²) in [5, 5.41) is 10.9. The van der Waals surface area contributed by atoms with Crippen molar-refractivity contribution in [1.82, 2.24) is 5.32 Å². The molecule has 0 aliphatic rings. The molecule has 2 nitrogen and oxygen atoms in total. The van der Waals surface area contributed by atoms with Crippen molar-refractivity contribution in [2.24, 2.45) is 0 Å². The number of thiol groups is 1. The van der Waals surface area contributed by atoms with E-state index in [9.17, 15) is 0 Å². The van der Waals surface area contributed by atoms with E-state index in [0.29, 0.717) is 0 Å². The molecule has 0 aliphatic carbocycles. The number of nitrogens with one attached hydrogen (secondary N) is 1. The third-order valence-electron chi connectivity index (χ3n) is 0.506. The molecule has 1 atom stereocenters. The van der Waals surface area contributed by atoms with E-state index in [1.54, 1.807) is 7.05 Å². The van der Waals surface area contributed by atoms with Crippen molar-refractivity contribution in [3.05, 3.63) is 0 Å². The first-order valence-electron chi connectivity index (χ1n) is 1.77. The van der Waals surface area contributed by atoms with Gasteiger partial charge < -0.3 is 10.4 Å². The molecule has 0 aromatic rings. The van der Waals surface area contributed by atoms with Gasteiger partial charge in [0.2, 0.25) is 0 Å². The molecular formula is C3H9NOS. The van der Waals surface area contributed by atoms with E-state index in [0.717, 1.165) is 0 Å². The van der Waals surface area contributed by atoms with E-state index in [4.69, 9.17) is 5.11 Å². The molecule has 0 saturated carbocycles. The Bertz CT molecular complexity index is 30.0. The maximum atomic E-state index is 8.20. The molecule has 0 radical (unpaired) electrons. The second-order valence-corrected chi connectivity index (χ2v) is 1.61. The predicted molar refractivity (Wildman–Crippen MR) is 28.9 cm³/mol. The van der Waals surface area contributed by atoms with Gasteiger partial charge >= 0.3 is 0 Å². The topological polar surface area (TPSA) is 32.3 Å². The highest BCUT2D eigenvalue weighted by Gasteiger charge is 1.89. The summed E-state index contributed by atoms with van der Waals surface area (Å²) in [6.07, 6.45) is 0. The van der Waals surface area contributed by atoms with Crippen molar-refractivity contribution >= 4 is 12.6 Å². The van der Waals surface area contributed by atoms with Gasteiger partial charge in [-0.2, -0.15) is 12.6 Å². The summed E-state index contributed by atoms with van der Waals surface area (Å²) < 4.78 is 0. The van der Waals surface area contributed by atoms with Crippen LogP contribution in [0.15, 0.2) is 0 Å². The van der Waals surface area contributed by atoms with Gasteiger partial charge in [-0.25, -0.2) is 0 Å². The molecule has 0 heterocycles. The lowest BCUT2D eigenvalue weighted by atomic mass is 10.7. The van der Waals surface area contributed by atoms with Crippen LogP contribution >= 0.6 is 12.6 Å². The summed E-state index contributed by atoms with van der Waals surface area (Å²) in [6.45, 7) is 0.0829. The van der Waals surface area contributed by atoms with Crippen LogP contribution in [0.25, 0.3) is 0 Å². The Morgan fingerprint density at radius 1 is 2.00 bits per heavy atom. The quantitative estimate of drug-likeness (QED) is 0.327. The van der Waals surface area contributed by atoms with E-state index in [-0.39, 0.29) is 12.0 Å². The van der Waals surface area contributed by atoms with Gasteiger partial charge in [0, 0.05) is 0 Å². The van der Waals surface area contributed by atoms with Gasteiger partial charge in [-0.05, 0) is 7.05 Å². The van der Waals surface area contributed by atoms with E-state index in [1.165, 1.54) is 0 Å². The molecule has 2 N–H and O–H groups in total. The Hall–Kier alpha value is 0.270. The highest BCUT2D eigenvalue weighted by Crippen LogP contribution is 1.81. The maximum Gasteiger partial charge on any atom is 0.0734 e. The van der Waals surface area contributed by atoms with Gasteiger partial charge in [-0.3, -0.25) is 0 Å². The average molecular weight is 107 g/mol. The zero-order valence-electron chi connectivity index (χ0n) is 3.68. The van der Waals surface area contributed by atoms with Crippen molar-refractivity contribution in [2.45, 2.75) is 5.37 Å². The van der Waals surface area contributed by atoms with Gasteiger partial charge in [-0.15, -0.1) is 0 Å². The summed E-state index contributed by atoms with van der Waals surface area (Å²) in [5.41, 5.74) is 0. The van der Waals surface area contributed by atoms with Crippen LogP contribution in [0.5, 0.6) is 0 Å². The predicted octanol–water partition coefficient (Wildman–Crippen LogP) is -0.546. The molecule has 0 spiro atoms. The third kappa shape index (κ3) is 2.50. The smallest absolute Gasteiger partial charge is 0.0734 e. The minimum Gasteiger partial charge on any atom is -0.394 e. The van der Waals surface area contributed by atoms with Crippen molar-refractivity contribution in [1.29, 1.82) is 0 Å². The number of hydrogen-bond donors (Lipinski definition) is 3. The van der Waals surface area contributed by atoms with E-state index in [2.05, 4.69) is 17.9 Å². The SMILES string of the molecule is CNC(S)CO. The number of rotatable bonds is 2. The lowest BCUT2D eigenvalue weighted by Crippen LogP contribution is -2.21. The normalized spacial score (nSPS) is 14.5. The summed E-state index contributed by atoms with van der Waals surface area (Å²) >= 11 is 3.87. The van der Waals surface area contributed by atoms with Crippen LogP contribution < -0.4 is 5.32 Å². The van der Waals surface area contributed by atoms with Crippen molar-refractivity contribution in [2.75, 3.05) is 13.7 Å². The number of aliphatic hydroxyl groups is 1. The Labute approximate surface area is 43.0 Å². The zero-order valence-corrected chi connectivity index (χ0v) is 4.57. The van der Waals surface area contributed by atoms with Crippen LogP contribution in [-0.4, -0.2) is 24.1 Å². The molecule has 3 heteroatoms. The molecule has 0 saturated heterocycles. The molecule has 0 rings (SSSR count). The van der Waals surface area contributed by atoms with Gasteiger partial charge in [0.25, 0.3) is 0 Å². The maximum absolute atomic E-state index is 8.20. The first-order valence-corrected chi connectivity index (χ1v) is 2.29. The highest BCUT2D eigenvalue weighted by molar-refractivity contribution is 7.80. The van der Waals surface area contributed by atoms with E-state index in [1.807, 2.05) is 0 Å². The lowest BCUT2D eigenvalue weighted by molar-refractivity contribution is 0.285. The van der Waals surface area contributed by atoms with Crippen molar-refractivity contribution < 1.29 is 5.11 Å². The van der Waals surface area contributed by atoms with Gasteiger partial charge in [0.15, 0.2) is 0 Å². The van der Waals surface area contributed by atoms with Crippen molar-refractivity contribution in [3.8, 4) is 0 Å². The van der Waals surface area contributed by atoms with Crippen LogP contribution in [-0.2, 0) is 0 Å². The van der Waals surface area contributed by atoms with Crippen LogP contribution in [0.3, 0.4) is 0 Å². The monoisotopic (exact) mass is 107 g/mol. The van der Waals surface area contributed by atoms with Crippen molar-refractivity contribution in [3.63, 3.8) is 0 Å². The van der Waals surface area contributed by atoms with Gasteiger partial charge in [0.05, 0.1) is 12.0 Å². The first-order chi connectivity index (χ1) is 2.81. The Balaban J connectivity index is 2.75. The summed E-state index contributed by atoms with van der Waals surface area (Å²) in [4.78, 5) is 0. The lowest BCUT2D eigenvalue weighted by Gasteiger charge is -2.00. The fourth-order valence-corrected chi connectivity index (χ4v) is 0.0913. The van der Waals surface area contributed by atoms with Crippen LogP contribution in [0.4, 0.5) is 0 Å². The largest absolute Gasteiger partial charge is 0.394 e. The van der Waals surface area contributed by atoms with Gasteiger partial charge in [-0.1, -0.05) is 0 Å². The molecule has 0 amide bonds. The van der Waals surface area contributed by atoms with Gasteiger partial charge in [0.1, 0.15) is 0 Å². The number of likely N-dealkylation sites (N-methyl/N-ethyl adjacent to an activating group) is 1. The first kappa shape index (κ1) is 6.27. The summed E-state index contributed by atoms with van der Waals surface area (Å²) in [5.74, 6) is 0. The van der Waals surface area contributed by atoms with Crippen LogP contribution in [0.1, 0.15) is 0 Å². The minimum atomic E-state index is -0.0648. The number of hydrogen-bond acceptors (Lipinski definition) is 3. The second kappa shape index (κ2) is 3.46. The number of aliphatic hydroxyl groups excluding tert-OH is 1. The second-order valence-electron chi connectivity index (χ2n) is 0.987. The van der Waals surface area contributed by atoms with E-state index < -0.39 is 0 Å². The average Bonchev–Trinajstić information content (AvgIpc) is 1.65. The third-order valence-corrected chi connectivity index (χ3v) is 0.928. The molecule has 0 aromatic heterocycles. The molecule has 0 aliphatic heterocycles. The minimum absolute atomic E-state index is 0.0648. The molecule has 1 unspecified atom stereocenters. The standard InChI is InChI=1S/C3H9NOS/c1-4-3(6)2-5/h3-6H,2H2,1H3. The zero-order chi connectivity index (χ0) is 4.99. The molecule has 0 bridgehead atoms. The fraction of sp³-hybridized carbons (Fsp3) is 1.00. The Kier molecular flexibility index (Phi) is 3.62.